The Morgan fingerprint density at radius 3 is 2.71 bits per heavy atom. The van der Waals surface area contributed by atoms with Gasteiger partial charge in [-0.05, 0) is 36.9 Å². The Labute approximate surface area is 126 Å². The van der Waals surface area contributed by atoms with Crippen LogP contribution in [-0.4, -0.2) is 42.9 Å². The Hall–Kier alpha value is -1.45. The van der Waals surface area contributed by atoms with Crippen LogP contribution in [0.2, 0.25) is 0 Å². The van der Waals surface area contributed by atoms with E-state index in [0.29, 0.717) is 23.9 Å². The maximum atomic E-state index is 10.8. The molecule has 2 saturated heterocycles. The first-order valence-electron chi connectivity index (χ1n) is 7.91. The average molecular weight is 282 g/mol. The smallest absolute Gasteiger partial charge is 0.150 e. The predicted octanol–water partition coefficient (Wildman–Crippen LogP) is 2.06. The number of nitrogens with zero attached hydrogens (tertiary/aromatic N) is 1. The Morgan fingerprint density at radius 2 is 2.05 bits per heavy atom. The fourth-order valence-electron chi connectivity index (χ4n) is 4.71. The van der Waals surface area contributed by atoms with Crippen molar-refractivity contribution >= 4 is 6.29 Å². The van der Waals surface area contributed by atoms with Crippen LogP contribution >= 0.6 is 0 Å². The lowest BCUT2D eigenvalue weighted by molar-refractivity contribution is 0.112. The molecule has 110 valence electrons. The molecule has 21 heavy (non-hydrogen) atoms. The summed E-state index contributed by atoms with van der Waals surface area (Å²) >= 11 is 0. The van der Waals surface area contributed by atoms with Crippen LogP contribution in [0.5, 0.6) is 0 Å². The molecule has 1 aliphatic carbocycles. The number of hydrogen-bond acceptors (Lipinski definition) is 3. The zero-order chi connectivity index (χ0) is 14.6. The van der Waals surface area contributed by atoms with Gasteiger partial charge in [-0.15, -0.1) is 0 Å². The molecule has 3 aliphatic heterocycles. The van der Waals surface area contributed by atoms with Crippen LogP contribution in [0.3, 0.4) is 0 Å². The molecule has 4 bridgehead atoms. The molecule has 2 fully saturated rings. The van der Waals surface area contributed by atoms with E-state index in [-0.39, 0.29) is 0 Å². The Morgan fingerprint density at radius 1 is 1.29 bits per heavy atom. The van der Waals surface area contributed by atoms with Crippen molar-refractivity contribution in [2.45, 2.75) is 31.0 Å². The molecular formula is C18H22N2O. The molecule has 1 aromatic carbocycles. The van der Waals surface area contributed by atoms with Gasteiger partial charge in [0.05, 0.1) is 0 Å². The standard InChI is InChI=1S/C18H22N2O/c1-11(13-5-3-12(10-21)4-6-13)17-14-7-8-16-18(20(16)17)15(14)9-19-2/h3-8,10-11,14-19H,9H2,1-2H3/t11-,14-,15+,16+,17-,18+,20?/m1/s1. The summed E-state index contributed by atoms with van der Waals surface area (Å²) in [6, 6.07) is 10.2. The highest BCUT2D eigenvalue weighted by molar-refractivity contribution is 5.74. The average Bonchev–Trinajstić information content (AvgIpc) is 3.20. The maximum Gasteiger partial charge on any atom is 0.150 e. The molecule has 1 unspecified atom stereocenters. The number of carbonyl (C=O) groups is 1. The molecule has 3 heterocycles. The van der Waals surface area contributed by atoms with E-state index in [1.54, 1.807) is 0 Å². The van der Waals surface area contributed by atoms with E-state index in [1.807, 2.05) is 12.1 Å². The zero-order valence-electron chi connectivity index (χ0n) is 12.6. The van der Waals surface area contributed by atoms with Crippen molar-refractivity contribution in [3.8, 4) is 0 Å². The van der Waals surface area contributed by atoms with Crippen LogP contribution in [-0.2, 0) is 0 Å². The normalized spacial score (nSPS) is 40.1. The number of aldehydes is 1. The number of rotatable bonds is 5. The van der Waals surface area contributed by atoms with Crippen molar-refractivity contribution in [3.63, 3.8) is 0 Å². The van der Waals surface area contributed by atoms with Crippen LogP contribution < -0.4 is 5.32 Å². The van der Waals surface area contributed by atoms with E-state index in [4.69, 9.17) is 0 Å². The summed E-state index contributed by atoms with van der Waals surface area (Å²) in [5, 5.41) is 3.37. The fourth-order valence-corrected chi connectivity index (χ4v) is 4.71. The van der Waals surface area contributed by atoms with Crippen LogP contribution in [0.25, 0.3) is 0 Å². The van der Waals surface area contributed by atoms with Gasteiger partial charge in [-0.3, -0.25) is 9.69 Å². The van der Waals surface area contributed by atoms with Gasteiger partial charge in [0, 0.05) is 23.7 Å². The lowest BCUT2D eigenvalue weighted by atomic mass is 9.75. The SMILES string of the molecule is CNC[C@H]1[C@H]2C=C[C@H]3[C@H]1N3[C@@H]2[C@H](C)c1ccc(C=O)cc1. The molecule has 1 N–H and O–H groups in total. The Balaban J connectivity index is 1.59. The third-order valence-electron chi connectivity index (χ3n) is 5.70. The maximum absolute atomic E-state index is 10.8. The minimum atomic E-state index is 0.509. The van der Waals surface area contributed by atoms with Gasteiger partial charge in [-0.25, -0.2) is 0 Å². The molecule has 0 amide bonds. The highest BCUT2D eigenvalue weighted by atomic mass is 16.1. The van der Waals surface area contributed by atoms with Crippen molar-refractivity contribution in [2.75, 3.05) is 13.6 Å². The largest absolute Gasteiger partial charge is 0.319 e. The third kappa shape index (κ3) is 1.84. The number of benzene rings is 1. The first-order chi connectivity index (χ1) is 10.3. The highest BCUT2D eigenvalue weighted by Crippen LogP contribution is 2.57. The molecule has 0 saturated carbocycles. The fraction of sp³-hybridized carbons (Fsp3) is 0.500. The van der Waals surface area contributed by atoms with Crippen molar-refractivity contribution in [2.24, 2.45) is 11.8 Å². The summed E-state index contributed by atoms with van der Waals surface area (Å²) in [4.78, 5) is 13.5. The van der Waals surface area contributed by atoms with E-state index in [0.717, 1.165) is 30.4 Å². The lowest BCUT2D eigenvalue weighted by Crippen LogP contribution is -2.39. The van der Waals surface area contributed by atoms with Gasteiger partial charge in [0.15, 0.2) is 0 Å². The van der Waals surface area contributed by atoms with Gasteiger partial charge in [-0.2, -0.15) is 0 Å². The summed E-state index contributed by atoms with van der Waals surface area (Å²) in [5.41, 5.74) is 2.11. The second kappa shape index (κ2) is 4.79. The zero-order valence-corrected chi connectivity index (χ0v) is 12.6. The minimum Gasteiger partial charge on any atom is -0.319 e. The van der Waals surface area contributed by atoms with Gasteiger partial charge in [-0.1, -0.05) is 43.3 Å². The summed E-state index contributed by atoms with van der Waals surface area (Å²) < 4.78 is 0. The molecule has 3 heteroatoms. The molecule has 0 aromatic heterocycles. The first-order valence-corrected chi connectivity index (χ1v) is 7.91. The van der Waals surface area contributed by atoms with Crippen molar-refractivity contribution in [1.29, 1.82) is 0 Å². The van der Waals surface area contributed by atoms with Crippen molar-refractivity contribution in [1.82, 2.24) is 10.2 Å². The van der Waals surface area contributed by atoms with Gasteiger partial charge in [0.25, 0.3) is 0 Å². The molecule has 3 nitrogen and oxygen atoms in total. The van der Waals surface area contributed by atoms with Crippen molar-refractivity contribution < 1.29 is 4.79 Å². The first kappa shape index (κ1) is 13.2. The van der Waals surface area contributed by atoms with Crippen molar-refractivity contribution in [3.05, 3.63) is 47.5 Å². The van der Waals surface area contributed by atoms with Crippen LogP contribution in [0.15, 0.2) is 36.4 Å². The monoisotopic (exact) mass is 282 g/mol. The Kier molecular flexibility index (Phi) is 3.02. The quantitative estimate of drug-likeness (QED) is 0.510. The number of piperidine rings is 1. The number of hydrogen-bond donors (Lipinski definition) is 1. The predicted molar refractivity (Wildman–Crippen MR) is 83.5 cm³/mol. The number of nitrogens with one attached hydrogen (secondary N) is 1. The summed E-state index contributed by atoms with van der Waals surface area (Å²) in [6.07, 6.45) is 5.77. The summed E-state index contributed by atoms with van der Waals surface area (Å²) in [5.74, 6) is 1.93. The van der Waals surface area contributed by atoms with Gasteiger partial charge >= 0.3 is 0 Å². The second-order valence-electron chi connectivity index (χ2n) is 6.68. The minimum absolute atomic E-state index is 0.509. The van der Waals surface area contributed by atoms with E-state index in [1.165, 1.54) is 5.56 Å². The van der Waals surface area contributed by atoms with Crippen LogP contribution in [0, 0.1) is 11.8 Å². The van der Waals surface area contributed by atoms with E-state index in [9.17, 15) is 4.79 Å². The molecule has 1 aromatic rings. The number of carbonyl (C=O) groups excluding carboxylic acids is 1. The molecule has 7 atom stereocenters. The summed E-state index contributed by atoms with van der Waals surface area (Å²) in [6.45, 7) is 3.45. The van der Waals surface area contributed by atoms with Crippen LogP contribution in [0.4, 0.5) is 0 Å². The van der Waals surface area contributed by atoms with Gasteiger partial charge in [0.1, 0.15) is 6.29 Å². The van der Waals surface area contributed by atoms with Crippen LogP contribution in [0.1, 0.15) is 28.8 Å². The second-order valence-corrected chi connectivity index (χ2v) is 6.68. The van der Waals surface area contributed by atoms with E-state index >= 15 is 0 Å². The molecule has 0 radical (unpaired) electrons. The van der Waals surface area contributed by atoms with E-state index < -0.39 is 0 Å². The van der Waals surface area contributed by atoms with E-state index in [2.05, 4.69) is 48.5 Å². The molecule has 4 aliphatic rings. The molecule has 0 spiro atoms. The summed E-state index contributed by atoms with van der Waals surface area (Å²) in [7, 11) is 2.05. The molecular weight excluding hydrogens is 260 g/mol. The molecule has 5 rings (SSSR count). The topological polar surface area (TPSA) is 32.1 Å². The van der Waals surface area contributed by atoms with Gasteiger partial charge < -0.3 is 5.32 Å². The van der Waals surface area contributed by atoms with Gasteiger partial charge in [0.2, 0.25) is 0 Å². The Bertz CT molecular complexity index is 579. The lowest BCUT2D eigenvalue weighted by Gasteiger charge is -2.34. The third-order valence-corrected chi connectivity index (χ3v) is 5.70. The highest BCUT2D eigenvalue weighted by Gasteiger charge is 2.66.